The lowest BCUT2D eigenvalue weighted by Crippen LogP contribution is -2.14. The van der Waals surface area contributed by atoms with E-state index in [9.17, 15) is 4.79 Å². The minimum Gasteiger partial charge on any atom is -0.302 e. The van der Waals surface area contributed by atoms with E-state index in [0.29, 0.717) is 5.13 Å². The van der Waals surface area contributed by atoms with Gasteiger partial charge in [0.1, 0.15) is 5.01 Å². The Hall–Kier alpha value is -1.87. The number of rotatable bonds is 5. The van der Waals surface area contributed by atoms with Gasteiger partial charge in [-0.05, 0) is 30.5 Å². The number of carbonyl (C=O) groups excluding carboxylic acids is 1. The molecule has 4 aromatic heterocycles. The van der Waals surface area contributed by atoms with Crippen LogP contribution in [0.2, 0.25) is 0 Å². The molecule has 1 N–H and O–H groups in total. The summed E-state index contributed by atoms with van der Waals surface area (Å²) >= 11 is 6.36. The summed E-state index contributed by atoms with van der Waals surface area (Å²) < 4.78 is 0. The lowest BCUT2D eigenvalue weighted by molar-refractivity contribution is -0.115. The molecule has 25 heavy (non-hydrogen) atoms. The van der Waals surface area contributed by atoms with Gasteiger partial charge < -0.3 is 5.32 Å². The van der Waals surface area contributed by atoms with E-state index >= 15 is 0 Å². The van der Waals surface area contributed by atoms with Crippen molar-refractivity contribution >= 4 is 56.4 Å². The third-order valence-corrected chi connectivity index (χ3v) is 7.08. The summed E-state index contributed by atoms with van der Waals surface area (Å²) in [5.74, 6) is -0.0914. The number of aryl methyl sites for hydroxylation is 1. The van der Waals surface area contributed by atoms with Crippen molar-refractivity contribution in [2.24, 2.45) is 0 Å². The maximum absolute atomic E-state index is 12.3. The maximum atomic E-state index is 12.3. The predicted molar refractivity (Wildman–Crippen MR) is 108 cm³/mol. The number of aromatic nitrogens is 2. The fourth-order valence-electron chi connectivity index (χ4n) is 2.25. The minimum absolute atomic E-state index is 0.0914. The molecular formula is C17H13N3OS4. The molecule has 0 radical (unpaired) electrons. The second kappa shape index (κ2) is 7.17. The molecule has 4 heterocycles. The summed E-state index contributed by atoms with van der Waals surface area (Å²) in [5, 5.41) is 10.4. The molecule has 0 aliphatic rings. The Balaban J connectivity index is 1.40. The Kier molecular flexibility index (Phi) is 4.76. The van der Waals surface area contributed by atoms with Gasteiger partial charge in [-0.2, -0.15) is 0 Å². The predicted octanol–water partition coefficient (Wildman–Crippen LogP) is 5.55. The van der Waals surface area contributed by atoms with Crippen LogP contribution < -0.4 is 5.32 Å². The van der Waals surface area contributed by atoms with Crippen LogP contribution >= 0.6 is 45.3 Å². The molecule has 0 unspecified atom stereocenters. The molecule has 0 aliphatic heterocycles. The molecule has 0 saturated heterocycles. The largest absolute Gasteiger partial charge is 0.302 e. The molecule has 126 valence electrons. The first-order valence-electron chi connectivity index (χ1n) is 7.48. The number of nitrogens with zero attached hydrogens (tertiary/aromatic N) is 2. The average molecular weight is 404 g/mol. The van der Waals surface area contributed by atoms with Crippen molar-refractivity contribution in [1.29, 1.82) is 0 Å². The highest BCUT2D eigenvalue weighted by Crippen LogP contribution is 2.31. The van der Waals surface area contributed by atoms with Crippen molar-refractivity contribution < 1.29 is 4.79 Å². The van der Waals surface area contributed by atoms with Crippen LogP contribution in [-0.4, -0.2) is 15.9 Å². The van der Waals surface area contributed by atoms with E-state index in [4.69, 9.17) is 0 Å². The lowest BCUT2D eigenvalue weighted by atomic mass is 10.3. The number of carbonyl (C=O) groups is 1. The fraction of sp³-hybridized carbons (Fsp3) is 0.118. The second-order valence-corrected chi connectivity index (χ2v) is 9.25. The van der Waals surface area contributed by atoms with Gasteiger partial charge in [-0.1, -0.05) is 6.07 Å². The zero-order chi connectivity index (χ0) is 17.2. The third-order valence-electron chi connectivity index (χ3n) is 3.37. The van der Waals surface area contributed by atoms with E-state index in [0.717, 1.165) is 26.1 Å². The number of nitrogens with one attached hydrogen (secondary N) is 1. The Morgan fingerprint density at radius 2 is 2.00 bits per heavy atom. The molecular weight excluding hydrogens is 390 g/mol. The molecule has 0 saturated carbocycles. The van der Waals surface area contributed by atoms with E-state index < -0.39 is 0 Å². The van der Waals surface area contributed by atoms with Crippen LogP contribution in [0.3, 0.4) is 0 Å². The number of thiazole rings is 2. The number of amides is 1. The van der Waals surface area contributed by atoms with Gasteiger partial charge in [0.25, 0.3) is 0 Å². The number of thiophene rings is 2. The standard InChI is InChI=1S/C17H13N3OS4/c1-10-4-5-13(25-10)12-9-24-17(19-12)20-15(21)7-11-8-23-16(18-11)14-3-2-6-22-14/h2-6,8-9H,7H2,1H3,(H,19,20,21). The molecule has 0 fully saturated rings. The smallest absolute Gasteiger partial charge is 0.232 e. The molecule has 8 heteroatoms. The Labute approximate surface area is 160 Å². The molecule has 0 aliphatic carbocycles. The molecule has 4 nitrogen and oxygen atoms in total. The van der Waals surface area contributed by atoms with Gasteiger partial charge in [-0.3, -0.25) is 4.79 Å². The Morgan fingerprint density at radius 3 is 2.76 bits per heavy atom. The third kappa shape index (κ3) is 3.87. The van der Waals surface area contributed by atoms with E-state index in [1.807, 2.05) is 28.3 Å². The van der Waals surface area contributed by atoms with Gasteiger partial charge >= 0.3 is 0 Å². The van der Waals surface area contributed by atoms with E-state index in [2.05, 4.69) is 34.3 Å². The number of anilines is 1. The topological polar surface area (TPSA) is 54.9 Å². The monoisotopic (exact) mass is 403 g/mol. The second-order valence-electron chi connectivity index (χ2n) is 5.29. The highest BCUT2D eigenvalue weighted by molar-refractivity contribution is 7.20. The molecule has 0 bridgehead atoms. The fourth-order valence-corrected chi connectivity index (χ4v) is 5.51. The first-order chi connectivity index (χ1) is 12.2. The van der Waals surface area contributed by atoms with Crippen molar-refractivity contribution in [3.8, 4) is 20.5 Å². The van der Waals surface area contributed by atoms with Crippen LogP contribution in [0.1, 0.15) is 10.6 Å². The first kappa shape index (κ1) is 16.6. The van der Waals surface area contributed by atoms with Crippen LogP contribution in [0, 0.1) is 6.92 Å². The van der Waals surface area contributed by atoms with Crippen LogP contribution in [-0.2, 0) is 11.2 Å². The normalized spacial score (nSPS) is 10.9. The van der Waals surface area contributed by atoms with Gasteiger partial charge in [0.2, 0.25) is 5.91 Å². The summed E-state index contributed by atoms with van der Waals surface area (Å²) in [7, 11) is 0. The zero-order valence-corrected chi connectivity index (χ0v) is 16.5. The molecule has 1 amide bonds. The Bertz CT molecular complexity index is 997. The van der Waals surface area contributed by atoms with Gasteiger partial charge in [-0.15, -0.1) is 45.3 Å². The summed E-state index contributed by atoms with van der Waals surface area (Å²) in [6.45, 7) is 2.07. The quantitative estimate of drug-likeness (QED) is 0.475. The zero-order valence-electron chi connectivity index (χ0n) is 13.2. The van der Waals surface area contributed by atoms with Crippen LogP contribution in [0.5, 0.6) is 0 Å². The molecule has 4 aromatic rings. The molecule has 0 aromatic carbocycles. The van der Waals surface area contributed by atoms with E-state index in [1.54, 1.807) is 34.0 Å². The van der Waals surface area contributed by atoms with Gasteiger partial charge in [-0.25, -0.2) is 9.97 Å². The van der Waals surface area contributed by atoms with E-state index in [1.165, 1.54) is 16.2 Å². The van der Waals surface area contributed by atoms with Crippen molar-refractivity contribution in [3.63, 3.8) is 0 Å². The lowest BCUT2D eigenvalue weighted by Gasteiger charge is -1.99. The van der Waals surface area contributed by atoms with Gasteiger partial charge in [0.15, 0.2) is 5.13 Å². The highest BCUT2D eigenvalue weighted by atomic mass is 32.1. The minimum atomic E-state index is -0.0914. The summed E-state index contributed by atoms with van der Waals surface area (Å²) in [4.78, 5) is 24.8. The van der Waals surface area contributed by atoms with Crippen molar-refractivity contribution in [1.82, 2.24) is 9.97 Å². The SMILES string of the molecule is Cc1ccc(-c2csc(NC(=O)Cc3csc(-c4cccs4)n3)n2)s1. The summed E-state index contributed by atoms with van der Waals surface area (Å²) in [5.41, 5.74) is 1.70. The average Bonchev–Trinajstić information content (AvgIpc) is 3.34. The van der Waals surface area contributed by atoms with E-state index in [-0.39, 0.29) is 12.3 Å². The van der Waals surface area contributed by atoms with Crippen LogP contribution in [0.25, 0.3) is 20.5 Å². The van der Waals surface area contributed by atoms with Gasteiger partial charge in [0, 0.05) is 15.6 Å². The van der Waals surface area contributed by atoms with Gasteiger partial charge in [0.05, 0.1) is 27.6 Å². The first-order valence-corrected chi connectivity index (χ1v) is 10.9. The molecule has 0 atom stereocenters. The van der Waals surface area contributed by atoms with Crippen molar-refractivity contribution in [2.75, 3.05) is 5.32 Å². The maximum Gasteiger partial charge on any atom is 0.232 e. The summed E-state index contributed by atoms with van der Waals surface area (Å²) in [6.07, 6.45) is 0.259. The number of hydrogen-bond acceptors (Lipinski definition) is 7. The van der Waals surface area contributed by atoms with Crippen LogP contribution in [0.15, 0.2) is 40.4 Å². The van der Waals surface area contributed by atoms with Crippen molar-refractivity contribution in [2.45, 2.75) is 13.3 Å². The molecule has 0 spiro atoms. The molecule has 4 rings (SSSR count). The summed E-state index contributed by atoms with van der Waals surface area (Å²) in [6, 6.07) is 8.17. The number of hydrogen-bond donors (Lipinski definition) is 1. The highest BCUT2D eigenvalue weighted by Gasteiger charge is 2.12. The van der Waals surface area contributed by atoms with Crippen molar-refractivity contribution in [3.05, 3.63) is 51.0 Å². The van der Waals surface area contributed by atoms with Crippen LogP contribution in [0.4, 0.5) is 5.13 Å². The Morgan fingerprint density at radius 1 is 1.08 bits per heavy atom.